The third kappa shape index (κ3) is 7.71. The molecule has 4 aromatic carbocycles. The molecule has 2 N–H and O–H groups in total. The summed E-state index contributed by atoms with van der Waals surface area (Å²) in [6.07, 6.45) is 1.05. The number of aromatic hydroxyl groups is 2. The zero-order valence-electron chi connectivity index (χ0n) is 21.2. The first-order valence-corrected chi connectivity index (χ1v) is 19.1. The summed E-state index contributed by atoms with van der Waals surface area (Å²) in [6, 6.07) is 32.2. The Balaban J connectivity index is 0.00000107. The molecular weight excluding hydrogens is 594 g/mol. The van der Waals surface area contributed by atoms with Crippen LogP contribution >= 0.6 is 17.0 Å². The van der Waals surface area contributed by atoms with Gasteiger partial charge in [-0.3, -0.25) is 9.80 Å². The van der Waals surface area contributed by atoms with Crippen molar-refractivity contribution in [2.45, 2.75) is 19.5 Å². The third-order valence-electron chi connectivity index (χ3n) is 6.88. The van der Waals surface area contributed by atoms with Crippen LogP contribution in [-0.4, -0.2) is 46.2 Å². The number of phenols is 2. The van der Waals surface area contributed by atoms with Crippen LogP contribution in [0.1, 0.15) is 17.5 Å². The van der Waals surface area contributed by atoms with Gasteiger partial charge in [-0.05, 0) is 30.6 Å². The van der Waals surface area contributed by atoms with Crippen LogP contribution in [0.25, 0.3) is 22.3 Å². The number of rotatable bonds is 6. The fourth-order valence-corrected chi connectivity index (χ4v) is 4.96. The molecule has 0 atom stereocenters. The van der Waals surface area contributed by atoms with E-state index in [1.807, 2.05) is 97.1 Å². The summed E-state index contributed by atoms with van der Waals surface area (Å²) in [6.45, 7) is 5.29. The summed E-state index contributed by atoms with van der Waals surface area (Å²) in [4.78, 5) is 4.84. The Morgan fingerprint density at radius 3 is 1.34 bits per heavy atom. The van der Waals surface area contributed by atoms with Gasteiger partial charge < -0.3 is 10.2 Å². The minimum atomic E-state index is -0.826. The standard InChI is InChI=1S/C31H32N2O2.2ClH.Zr/c34-30-26(14-7-16-28(30)24-10-3-1-4-11-24)22-32-18-9-19-33(21-20-32)23-27-15-8-17-29(31(27)35)25-12-5-2-6-13-25;;;/h1-8,10-17,34-35H,9,18-23H2;2*1H;/q;;;+4/p-2. The summed E-state index contributed by atoms with van der Waals surface area (Å²) in [5.74, 6) is 0.755. The van der Waals surface area contributed by atoms with Gasteiger partial charge >= 0.3 is 37.9 Å². The fourth-order valence-electron chi connectivity index (χ4n) is 4.96. The number of hydrogen-bond acceptors (Lipinski definition) is 4. The number of para-hydroxylation sites is 2. The van der Waals surface area contributed by atoms with Crippen molar-refractivity contribution in [3.8, 4) is 33.8 Å². The molecule has 1 heterocycles. The maximum absolute atomic E-state index is 11.0. The molecule has 7 heteroatoms. The summed E-state index contributed by atoms with van der Waals surface area (Å²) in [5.41, 5.74) is 5.76. The zero-order valence-corrected chi connectivity index (χ0v) is 25.2. The average Bonchev–Trinajstić information content (AvgIpc) is 3.17. The number of hydrogen-bond donors (Lipinski definition) is 2. The molecule has 4 aromatic rings. The van der Waals surface area contributed by atoms with Gasteiger partial charge in [0, 0.05) is 48.4 Å². The second-order valence-corrected chi connectivity index (χ2v) is 13.1. The normalized spacial score (nSPS) is 14.2. The van der Waals surface area contributed by atoms with Gasteiger partial charge in [-0.15, -0.1) is 0 Å². The van der Waals surface area contributed by atoms with Crippen LogP contribution in [-0.2, 0) is 33.9 Å². The molecule has 1 saturated heterocycles. The Hall–Kier alpha value is -2.14. The van der Waals surface area contributed by atoms with E-state index in [-0.39, 0.29) is 0 Å². The molecule has 0 aromatic heterocycles. The van der Waals surface area contributed by atoms with Crippen LogP contribution in [0.4, 0.5) is 0 Å². The van der Waals surface area contributed by atoms with Gasteiger partial charge in [0.25, 0.3) is 0 Å². The van der Waals surface area contributed by atoms with Crippen LogP contribution in [0, 0.1) is 0 Å². The van der Waals surface area contributed by atoms with E-state index in [0.717, 1.165) is 79.1 Å². The molecule has 0 saturated carbocycles. The van der Waals surface area contributed by atoms with Crippen molar-refractivity contribution in [1.82, 2.24) is 9.80 Å². The molecule has 194 valence electrons. The molecule has 5 rings (SSSR count). The first-order chi connectivity index (χ1) is 18.6. The zero-order chi connectivity index (χ0) is 26.7. The van der Waals surface area contributed by atoms with Crippen molar-refractivity contribution < 1.29 is 31.1 Å². The van der Waals surface area contributed by atoms with E-state index in [9.17, 15) is 10.2 Å². The third-order valence-corrected chi connectivity index (χ3v) is 6.88. The molecule has 4 nitrogen and oxygen atoms in total. The number of halogens is 2. The number of benzene rings is 4. The van der Waals surface area contributed by atoms with Crippen molar-refractivity contribution in [3.05, 3.63) is 108 Å². The molecule has 1 aliphatic heterocycles. The van der Waals surface area contributed by atoms with Crippen molar-refractivity contribution in [3.63, 3.8) is 0 Å². The van der Waals surface area contributed by atoms with Gasteiger partial charge in [0.15, 0.2) is 0 Å². The van der Waals surface area contributed by atoms with Gasteiger partial charge in [0.1, 0.15) is 11.5 Å². The van der Waals surface area contributed by atoms with E-state index in [0.29, 0.717) is 11.5 Å². The first kappa shape index (κ1) is 28.9. The molecule has 0 spiro atoms. The second kappa shape index (κ2) is 14.9. The predicted molar refractivity (Wildman–Crippen MR) is 154 cm³/mol. The Morgan fingerprint density at radius 1 is 0.553 bits per heavy atom. The van der Waals surface area contributed by atoms with Crippen LogP contribution in [0.15, 0.2) is 97.1 Å². The molecule has 38 heavy (non-hydrogen) atoms. The summed E-state index contributed by atoms with van der Waals surface area (Å²) in [7, 11) is 9.87. The molecule has 0 amide bonds. The van der Waals surface area contributed by atoms with Crippen molar-refractivity contribution in [2.75, 3.05) is 26.2 Å². The van der Waals surface area contributed by atoms with E-state index in [4.69, 9.17) is 17.0 Å². The monoisotopic (exact) mass is 624 g/mol. The molecule has 0 unspecified atom stereocenters. The summed E-state index contributed by atoms with van der Waals surface area (Å²) in [5, 5.41) is 22.0. The van der Waals surface area contributed by atoms with Crippen molar-refractivity contribution in [2.24, 2.45) is 0 Å². The quantitative estimate of drug-likeness (QED) is 0.233. The van der Waals surface area contributed by atoms with Gasteiger partial charge in [0.05, 0.1) is 0 Å². The van der Waals surface area contributed by atoms with E-state index in [2.05, 4.69) is 9.80 Å². The maximum atomic E-state index is 11.0. The molecular formula is C31H32Cl2N2O2Zr+2. The van der Waals surface area contributed by atoms with Crippen molar-refractivity contribution >= 4 is 17.0 Å². The van der Waals surface area contributed by atoms with Crippen LogP contribution in [0.3, 0.4) is 0 Å². The molecule has 1 aliphatic rings. The van der Waals surface area contributed by atoms with Gasteiger partial charge in [-0.2, -0.15) is 0 Å². The van der Waals surface area contributed by atoms with E-state index < -0.39 is 20.8 Å². The Bertz CT molecular complexity index is 1190. The van der Waals surface area contributed by atoms with E-state index in [1.54, 1.807) is 0 Å². The Labute approximate surface area is 244 Å². The minimum absolute atomic E-state index is 0.377. The SMILES string of the molecule is Oc1c(CN2CCCN(Cc3cccc(-c4ccccc4)c3O)CC2)cccc1-c1ccccc1.[Cl][Zr+2][Cl]. The Kier molecular flexibility index (Phi) is 11.3. The van der Waals surface area contributed by atoms with Crippen molar-refractivity contribution in [1.29, 1.82) is 0 Å². The summed E-state index contributed by atoms with van der Waals surface area (Å²) < 4.78 is 0. The number of phenolic OH excluding ortho intramolecular Hbond substituents is 2. The first-order valence-electron chi connectivity index (χ1n) is 12.7. The molecule has 0 aliphatic carbocycles. The fraction of sp³-hybridized carbons (Fsp3) is 0.226. The van der Waals surface area contributed by atoms with Gasteiger partial charge in [-0.1, -0.05) is 97.1 Å². The van der Waals surface area contributed by atoms with Crippen LogP contribution < -0.4 is 0 Å². The van der Waals surface area contributed by atoms with Gasteiger partial charge in [-0.25, -0.2) is 0 Å². The Morgan fingerprint density at radius 2 is 0.947 bits per heavy atom. The average molecular weight is 627 g/mol. The predicted octanol–water partition coefficient (Wildman–Crippen LogP) is 7.52. The molecule has 0 bridgehead atoms. The van der Waals surface area contributed by atoms with Crippen LogP contribution in [0.2, 0.25) is 0 Å². The summed E-state index contributed by atoms with van der Waals surface area (Å²) >= 11 is -0.826. The second-order valence-electron chi connectivity index (χ2n) is 9.34. The molecule has 0 radical (unpaired) electrons. The topological polar surface area (TPSA) is 46.9 Å². The van der Waals surface area contributed by atoms with Gasteiger partial charge in [0.2, 0.25) is 0 Å². The van der Waals surface area contributed by atoms with Crippen LogP contribution in [0.5, 0.6) is 11.5 Å². The van der Waals surface area contributed by atoms with E-state index in [1.165, 1.54) is 0 Å². The number of nitrogens with zero attached hydrogens (tertiary/aromatic N) is 2. The van der Waals surface area contributed by atoms with E-state index >= 15 is 0 Å². The molecule has 1 fully saturated rings.